The summed E-state index contributed by atoms with van der Waals surface area (Å²) in [6.45, 7) is 5.69. The Morgan fingerprint density at radius 3 is 2.57 bits per heavy atom. The van der Waals surface area contributed by atoms with E-state index in [2.05, 4.69) is 28.6 Å². The highest BCUT2D eigenvalue weighted by atomic mass is 19.4. The van der Waals surface area contributed by atoms with E-state index in [-0.39, 0.29) is 18.0 Å². The summed E-state index contributed by atoms with van der Waals surface area (Å²) in [5.74, 6) is 1.48. The van der Waals surface area contributed by atoms with Gasteiger partial charge in [-0.3, -0.25) is 9.69 Å². The highest BCUT2D eigenvalue weighted by molar-refractivity contribution is 5.79. The van der Waals surface area contributed by atoms with Crippen LogP contribution in [-0.2, 0) is 11.0 Å². The van der Waals surface area contributed by atoms with Crippen LogP contribution in [0.25, 0.3) is 0 Å². The Balaban J connectivity index is 1.70. The molecule has 3 rings (SSSR count). The van der Waals surface area contributed by atoms with Crippen molar-refractivity contribution in [2.45, 2.75) is 51.4 Å². The van der Waals surface area contributed by atoms with Gasteiger partial charge < -0.3 is 10.6 Å². The fourth-order valence-electron chi connectivity index (χ4n) is 4.83. The van der Waals surface area contributed by atoms with E-state index in [1.54, 1.807) is 0 Å². The summed E-state index contributed by atoms with van der Waals surface area (Å²) in [5.41, 5.74) is 4.94. The van der Waals surface area contributed by atoms with E-state index in [0.717, 1.165) is 44.6 Å². The monoisotopic (exact) mass is 398 g/mol. The van der Waals surface area contributed by atoms with Gasteiger partial charge in [-0.2, -0.15) is 13.2 Å². The molecule has 1 amide bonds. The molecule has 0 spiro atoms. The third-order valence-corrected chi connectivity index (χ3v) is 6.26. The highest BCUT2D eigenvalue weighted by Gasteiger charge is 2.46. The van der Waals surface area contributed by atoms with Crippen molar-refractivity contribution in [2.24, 2.45) is 23.5 Å². The average Bonchev–Trinajstić information content (AvgIpc) is 3.18. The summed E-state index contributed by atoms with van der Waals surface area (Å²) < 4.78 is 38.3. The maximum Gasteiger partial charge on any atom is 0.417 e. The molecule has 2 aliphatic rings. The van der Waals surface area contributed by atoms with Gasteiger partial charge in [-0.25, -0.2) is 4.98 Å². The zero-order chi connectivity index (χ0) is 20.6. The minimum atomic E-state index is -4.37. The first-order valence-electron chi connectivity index (χ1n) is 9.87. The molecular weight excluding hydrogens is 369 g/mol. The van der Waals surface area contributed by atoms with Crippen molar-refractivity contribution in [2.75, 3.05) is 25.0 Å². The Labute approximate surface area is 164 Å². The summed E-state index contributed by atoms with van der Waals surface area (Å²) in [7, 11) is 1.98. The predicted molar refractivity (Wildman–Crippen MR) is 102 cm³/mol. The lowest BCUT2D eigenvalue weighted by atomic mass is 9.94. The second-order valence-electron chi connectivity index (χ2n) is 8.59. The zero-order valence-electron chi connectivity index (χ0n) is 16.6. The lowest BCUT2D eigenvalue weighted by molar-refractivity contribution is -0.137. The second-order valence-corrected chi connectivity index (χ2v) is 8.59. The van der Waals surface area contributed by atoms with Gasteiger partial charge >= 0.3 is 6.18 Å². The number of aromatic nitrogens is 1. The summed E-state index contributed by atoms with van der Waals surface area (Å²) in [6.07, 6.45) is -0.685. The first-order chi connectivity index (χ1) is 13.1. The number of rotatable bonds is 6. The van der Waals surface area contributed by atoms with Crippen molar-refractivity contribution < 1.29 is 18.0 Å². The van der Waals surface area contributed by atoms with Crippen molar-refractivity contribution >= 4 is 11.7 Å². The van der Waals surface area contributed by atoms with E-state index in [9.17, 15) is 18.0 Å². The molecule has 0 radical (unpaired) electrons. The first-order valence-corrected chi connectivity index (χ1v) is 9.87. The molecule has 2 heterocycles. The minimum absolute atomic E-state index is 0.251. The largest absolute Gasteiger partial charge is 0.417 e. The smallest absolute Gasteiger partial charge is 0.368 e. The molecule has 0 aromatic carbocycles. The molecule has 1 aliphatic heterocycles. The van der Waals surface area contributed by atoms with Gasteiger partial charge in [0.2, 0.25) is 5.91 Å². The first kappa shape index (κ1) is 20.9. The highest BCUT2D eigenvalue weighted by Crippen LogP contribution is 2.42. The molecule has 1 aliphatic carbocycles. The molecule has 28 heavy (non-hydrogen) atoms. The van der Waals surface area contributed by atoms with Gasteiger partial charge in [0.05, 0.1) is 11.6 Å². The Morgan fingerprint density at radius 2 is 2.04 bits per heavy atom. The summed E-state index contributed by atoms with van der Waals surface area (Å²) in [6, 6.07) is 2.50. The van der Waals surface area contributed by atoms with E-state index in [1.807, 2.05) is 7.05 Å². The number of carbonyl (C=O) groups is 1. The van der Waals surface area contributed by atoms with E-state index in [1.165, 1.54) is 6.07 Å². The molecule has 4 atom stereocenters. The number of halogens is 3. The number of nitrogens with two attached hydrogens (primary N) is 1. The minimum Gasteiger partial charge on any atom is -0.368 e. The van der Waals surface area contributed by atoms with E-state index < -0.39 is 11.7 Å². The van der Waals surface area contributed by atoms with E-state index in [4.69, 9.17) is 5.73 Å². The molecule has 2 fully saturated rings. The number of amides is 1. The molecule has 1 saturated heterocycles. The van der Waals surface area contributed by atoms with Gasteiger partial charge in [-0.1, -0.05) is 13.8 Å². The Morgan fingerprint density at radius 1 is 1.32 bits per heavy atom. The fourth-order valence-corrected chi connectivity index (χ4v) is 4.83. The Bertz CT molecular complexity index is 692. The van der Waals surface area contributed by atoms with Crippen LogP contribution < -0.4 is 10.6 Å². The predicted octanol–water partition coefficient (Wildman–Crippen LogP) is 3.15. The number of nitrogens with zero attached hydrogens (tertiary/aromatic N) is 3. The number of likely N-dealkylation sites (N-methyl/N-ethyl adjacent to an activating group) is 1. The maximum absolute atomic E-state index is 12.8. The molecule has 1 saturated carbocycles. The SMILES string of the molecule is CC(C)C[C@@H](C(N)=O)N(C)[C@H]1CC[C@@H]2CN(c3ccc(C(F)(F)F)cn3)C[C@@H]21. The number of hydrogen-bond acceptors (Lipinski definition) is 4. The molecule has 8 heteroatoms. The number of carbonyl (C=O) groups excluding carboxylic acids is 1. The van der Waals surface area contributed by atoms with Gasteiger partial charge in [-0.15, -0.1) is 0 Å². The topological polar surface area (TPSA) is 62.5 Å². The van der Waals surface area contributed by atoms with Crippen LogP contribution in [0.2, 0.25) is 0 Å². The number of alkyl halides is 3. The maximum atomic E-state index is 12.8. The number of anilines is 1. The fraction of sp³-hybridized carbons (Fsp3) is 0.700. The number of hydrogen-bond donors (Lipinski definition) is 1. The lowest BCUT2D eigenvalue weighted by Gasteiger charge is -2.35. The number of pyridine rings is 1. The second kappa shape index (κ2) is 7.89. The van der Waals surface area contributed by atoms with Gasteiger partial charge in [0.15, 0.2) is 0 Å². The Kier molecular flexibility index (Phi) is 5.89. The molecular formula is C20H29F3N4O. The van der Waals surface area contributed by atoms with Crippen LogP contribution >= 0.6 is 0 Å². The molecule has 1 aromatic rings. The Hall–Kier alpha value is -1.83. The van der Waals surface area contributed by atoms with E-state index in [0.29, 0.717) is 23.6 Å². The zero-order valence-corrected chi connectivity index (χ0v) is 16.6. The standard InChI is InChI=1S/C20H29F3N4O/c1-12(2)8-17(19(24)28)26(3)16-6-4-13-10-27(11-15(13)16)18-7-5-14(9-25-18)20(21,22)23/h5,7,9,12-13,15-17H,4,6,8,10-11H2,1-3H3,(H2,24,28)/t13-,15+,16+,17+/m1/s1. The lowest BCUT2D eigenvalue weighted by Crippen LogP contribution is -2.50. The van der Waals surface area contributed by atoms with Crippen LogP contribution in [0.5, 0.6) is 0 Å². The van der Waals surface area contributed by atoms with Crippen LogP contribution in [0.4, 0.5) is 19.0 Å². The van der Waals surface area contributed by atoms with Crippen LogP contribution in [-0.4, -0.2) is 48.0 Å². The van der Waals surface area contributed by atoms with Crippen molar-refractivity contribution in [1.29, 1.82) is 0 Å². The quantitative estimate of drug-likeness (QED) is 0.800. The van der Waals surface area contributed by atoms with Crippen molar-refractivity contribution in [3.63, 3.8) is 0 Å². The van der Waals surface area contributed by atoms with Gasteiger partial charge in [0, 0.05) is 25.3 Å². The third kappa shape index (κ3) is 4.26. The third-order valence-electron chi connectivity index (χ3n) is 6.26. The molecule has 5 nitrogen and oxygen atoms in total. The van der Waals surface area contributed by atoms with Crippen LogP contribution in [0.3, 0.4) is 0 Å². The van der Waals surface area contributed by atoms with Crippen molar-refractivity contribution in [3.8, 4) is 0 Å². The molecule has 0 bridgehead atoms. The molecule has 156 valence electrons. The number of primary amides is 1. The molecule has 1 aromatic heterocycles. The van der Waals surface area contributed by atoms with Crippen LogP contribution in [0.1, 0.15) is 38.7 Å². The van der Waals surface area contributed by atoms with E-state index >= 15 is 0 Å². The normalized spacial score (nSPS) is 26.1. The molecule has 0 unspecified atom stereocenters. The molecule has 2 N–H and O–H groups in total. The van der Waals surface area contributed by atoms with Gasteiger partial charge in [-0.05, 0) is 56.2 Å². The van der Waals surface area contributed by atoms with Crippen LogP contribution in [0, 0.1) is 17.8 Å². The summed E-state index contributed by atoms with van der Waals surface area (Å²) in [4.78, 5) is 20.2. The van der Waals surface area contributed by atoms with Crippen molar-refractivity contribution in [3.05, 3.63) is 23.9 Å². The average molecular weight is 398 g/mol. The van der Waals surface area contributed by atoms with Gasteiger partial charge in [0.1, 0.15) is 5.82 Å². The summed E-state index contributed by atoms with van der Waals surface area (Å²) in [5, 5.41) is 0. The van der Waals surface area contributed by atoms with Crippen molar-refractivity contribution in [1.82, 2.24) is 9.88 Å². The summed E-state index contributed by atoms with van der Waals surface area (Å²) >= 11 is 0. The number of fused-ring (bicyclic) bond motifs is 1. The van der Waals surface area contributed by atoms with Crippen LogP contribution in [0.15, 0.2) is 18.3 Å². The van der Waals surface area contributed by atoms with Gasteiger partial charge in [0.25, 0.3) is 0 Å².